The van der Waals surface area contributed by atoms with Gasteiger partial charge in [-0.3, -0.25) is 9.59 Å². The standard InChI is InChI=1S/C20H20F3N3O3/c1-11-8-16(26-18(24-11)10-17(27)13-6-7-13)19(28)25-12(2)14-4-3-5-15(9-14)29-20(21,22)23/h3-5,8-9,12-13H,6-7,10H2,1-2H3,(H,25,28). The number of ketones is 1. The molecule has 1 amide bonds. The van der Waals surface area contributed by atoms with E-state index < -0.39 is 18.3 Å². The van der Waals surface area contributed by atoms with Crippen molar-refractivity contribution < 1.29 is 27.5 Å². The number of rotatable bonds is 7. The van der Waals surface area contributed by atoms with Crippen LogP contribution in [0.25, 0.3) is 0 Å². The highest BCUT2D eigenvalue weighted by Gasteiger charge is 2.31. The summed E-state index contributed by atoms with van der Waals surface area (Å²) in [6.45, 7) is 3.33. The Labute approximate surface area is 165 Å². The molecule has 1 saturated carbocycles. The first-order chi connectivity index (χ1) is 13.6. The van der Waals surface area contributed by atoms with Crippen molar-refractivity contribution >= 4 is 11.7 Å². The Balaban J connectivity index is 1.70. The lowest BCUT2D eigenvalue weighted by Gasteiger charge is -2.16. The number of carbonyl (C=O) groups is 2. The van der Waals surface area contributed by atoms with Crippen molar-refractivity contribution in [3.63, 3.8) is 0 Å². The molecule has 1 fully saturated rings. The number of ether oxygens (including phenoxy) is 1. The molecule has 154 valence electrons. The summed E-state index contributed by atoms with van der Waals surface area (Å²) in [5.41, 5.74) is 1.10. The van der Waals surface area contributed by atoms with Crippen LogP contribution in [0, 0.1) is 12.8 Å². The number of amides is 1. The van der Waals surface area contributed by atoms with Gasteiger partial charge in [0.05, 0.1) is 12.5 Å². The van der Waals surface area contributed by atoms with Gasteiger partial charge >= 0.3 is 6.36 Å². The molecule has 0 radical (unpaired) electrons. The summed E-state index contributed by atoms with van der Waals surface area (Å²) in [6.07, 6.45) is -2.95. The number of halogens is 3. The second kappa shape index (κ2) is 8.18. The van der Waals surface area contributed by atoms with Gasteiger partial charge in [-0.2, -0.15) is 0 Å². The van der Waals surface area contributed by atoms with Gasteiger partial charge < -0.3 is 10.1 Å². The number of hydrogen-bond donors (Lipinski definition) is 1. The normalized spacial score (nSPS) is 14.9. The topological polar surface area (TPSA) is 81.2 Å². The van der Waals surface area contributed by atoms with Crippen LogP contribution in [0.15, 0.2) is 30.3 Å². The molecule has 1 unspecified atom stereocenters. The average Bonchev–Trinajstić information content (AvgIpc) is 3.45. The number of Topliss-reactive ketones (excluding diaryl/α,β-unsaturated/α-hetero) is 1. The molecular formula is C20H20F3N3O3. The lowest BCUT2D eigenvalue weighted by Crippen LogP contribution is -2.28. The first-order valence-corrected chi connectivity index (χ1v) is 9.14. The molecule has 3 rings (SSSR count). The molecule has 1 aliphatic rings. The lowest BCUT2D eigenvalue weighted by molar-refractivity contribution is -0.274. The van der Waals surface area contributed by atoms with Crippen molar-refractivity contribution in [2.75, 3.05) is 0 Å². The second-order valence-corrected chi connectivity index (χ2v) is 7.04. The fourth-order valence-electron chi connectivity index (χ4n) is 2.87. The molecule has 2 aromatic rings. The zero-order chi connectivity index (χ0) is 21.2. The van der Waals surface area contributed by atoms with Crippen LogP contribution in [0.4, 0.5) is 13.2 Å². The van der Waals surface area contributed by atoms with E-state index in [4.69, 9.17) is 0 Å². The van der Waals surface area contributed by atoms with Crippen LogP contribution in [0.1, 0.15) is 53.4 Å². The number of nitrogens with one attached hydrogen (secondary N) is 1. The van der Waals surface area contributed by atoms with Gasteiger partial charge in [0.25, 0.3) is 5.91 Å². The third-order valence-corrected chi connectivity index (χ3v) is 4.44. The highest BCUT2D eigenvalue weighted by atomic mass is 19.4. The van der Waals surface area contributed by atoms with Crippen LogP contribution in [0.3, 0.4) is 0 Å². The maximum Gasteiger partial charge on any atom is 0.573 e. The van der Waals surface area contributed by atoms with Gasteiger partial charge in [-0.1, -0.05) is 12.1 Å². The fourth-order valence-corrected chi connectivity index (χ4v) is 2.87. The number of hydrogen-bond acceptors (Lipinski definition) is 5. The van der Waals surface area contributed by atoms with E-state index in [2.05, 4.69) is 20.0 Å². The number of aryl methyl sites for hydroxylation is 1. The summed E-state index contributed by atoms with van der Waals surface area (Å²) < 4.78 is 41.1. The molecule has 1 aromatic carbocycles. The monoisotopic (exact) mass is 407 g/mol. The van der Waals surface area contributed by atoms with Crippen molar-refractivity contribution in [1.82, 2.24) is 15.3 Å². The van der Waals surface area contributed by atoms with Crippen molar-refractivity contribution in [2.45, 2.75) is 45.5 Å². The molecule has 0 saturated heterocycles. The van der Waals surface area contributed by atoms with E-state index in [1.807, 2.05) is 0 Å². The lowest BCUT2D eigenvalue weighted by atomic mass is 10.1. The number of benzene rings is 1. The zero-order valence-electron chi connectivity index (χ0n) is 15.9. The molecule has 1 atom stereocenters. The zero-order valence-corrected chi connectivity index (χ0v) is 15.9. The number of aromatic nitrogens is 2. The smallest absolute Gasteiger partial charge is 0.406 e. The maximum absolute atomic E-state index is 12.6. The number of carbonyl (C=O) groups excluding carboxylic acids is 2. The Kier molecular flexibility index (Phi) is 5.86. The van der Waals surface area contributed by atoms with Crippen molar-refractivity contribution in [3.05, 3.63) is 53.1 Å². The predicted molar refractivity (Wildman–Crippen MR) is 97.2 cm³/mol. The van der Waals surface area contributed by atoms with Gasteiger partial charge in [0.2, 0.25) is 0 Å². The molecule has 0 bridgehead atoms. The maximum atomic E-state index is 12.6. The highest BCUT2D eigenvalue weighted by Crippen LogP contribution is 2.30. The number of alkyl halides is 3. The molecule has 0 aliphatic heterocycles. The summed E-state index contributed by atoms with van der Waals surface area (Å²) in [4.78, 5) is 33.0. The Morgan fingerprint density at radius 2 is 1.97 bits per heavy atom. The Morgan fingerprint density at radius 3 is 2.62 bits per heavy atom. The summed E-state index contributed by atoms with van der Waals surface area (Å²) in [6, 6.07) is 6.29. The van der Waals surface area contributed by atoms with E-state index in [0.29, 0.717) is 17.1 Å². The molecule has 1 aromatic heterocycles. The van der Waals surface area contributed by atoms with Crippen molar-refractivity contribution in [2.24, 2.45) is 5.92 Å². The molecule has 1 N–H and O–H groups in total. The summed E-state index contributed by atoms with van der Waals surface area (Å²) in [7, 11) is 0. The molecule has 0 spiro atoms. The predicted octanol–water partition coefficient (Wildman–Crippen LogP) is 3.70. The Bertz CT molecular complexity index is 927. The van der Waals surface area contributed by atoms with E-state index >= 15 is 0 Å². The van der Waals surface area contributed by atoms with Gasteiger partial charge in [0.1, 0.15) is 23.1 Å². The first-order valence-electron chi connectivity index (χ1n) is 9.14. The van der Waals surface area contributed by atoms with Crippen LogP contribution < -0.4 is 10.1 Å². The molecule has 9 heteroatoms. The van der Waals surface area contributed by atoms with E-state index in [1.54, 1.807) is 19.9 Å². The average molecular weight is 407 g/mol. The van der Waals surface area contributed by atoms with E-state index in [1.165, 1.54) is 24.3 Å². The molecular weight excluding hydrogens is 387 g/mol. The largest absolute Gasteiger partial charge is 0.573 e. The molecule has 1 heterocycles. The van der Waals surface area contributed by atoms with Crippen LogP contribution >= 0.6 is 0 Å². The van der Waals surface area contributed by atoms with E-state index in [9.17, 15) is 22.8 Å². The van der Waals surface area contributed by atoms with Gasteiger partial charge in [-0.15, -0.1) is 13.2 Å². The first kappa shape index (κ1) is 20.8. The molecule has 6 nitrogen and oxygen atoms in total. The van der Waals surface area contributed by atoms with Crippen LogP contribution in [0.2, 0.25) is 0 Å². The summed E-state index contributed by atoms with van der Waals surface area (Å²) in [5.74, 6) is -0.445. The van der Waals surface area contributed by atoms with E-state index in [-0.39, 0.29) is 29.6 Å². The molecule has 1 aliphatic carbocycles. The molecule has 29 heavy (non-hydrogen) atoms. The third kappa shape index (κ3) is 6.00. The summed E-state index contributed by atoms with van der Waals surface area (Å²) in [5, 5.41) is 2.69. The summed E-state index contributed by atoms with van der Waals surface area (Å²) >= 11 is 0. The van der Waals surface area contributed by atoms with Crippen molar-refractivity contribution in [3.8, 4) is 5.75 Å². The minimum absolute atomic E-state index is 0.0665. The van der Waals surface area contributed by atoms with Crippen LogP contribution in [-0.4, -0.2) is 28.0 Å². The number of nitrogens with zero attached hydrogens (tertiary/aromatic N) is 2. The fraction of sp³-hybridized carbons (Fsp3) is 0.400. The van der Waals surface area contributed by atoms with Gasteiger partial charge in [-0.25, -0.2) is 9.97 Å². The van der Waals surface area contributed by atoms with Gasteiger partial charge in [0.15, 0.2) is 0 Å². The van der Waals surface area contributed by atoms with Gasteiger partial charge in [-0.05, 0) is 50.5 Å². The van der Waals surface area contributed by atoms with Crippen LogP contribution in [-0.2, 0) is 11.2 Å². The third-order valence-electron chi connectivity index (χ3n) is 4.44. The minimum atomic E-state index is -4.79. The highest BCUT2D eigenvalue weighted by molar-refractivity contribution is 5.93. The second-order valence-electron chi connectivity index (χ2n) is 7.04. The SMILES string of the molecule is Cc1cc(C(=O)NC(C)c2cccc(OC(F)(F)F)c2)nc(CC(=O)C2CC2)n1. The minimum Gasteiger partial charge on any atom is -0.406 e. The quantitative estimate of drug-likeness (QED) is 0.757. The Morgan fingerprint density at radius 1 is 1.24 bits per heavy atom. The Hall–Kier alpha value is -2.97. The van der Waals surface area contributed by atoms with Crippen LogP contribution in [0.5, 0.6) is 5.75 Å². The van der Waals surface area contributed by atoms with Crippen molar-refractivity contribution in [1.29, 1.82) is 0 Å². The van der Waals surface area contributed by atoms with Gasteiger partial charge in [0, 0.05) is 11.6 Å². The van der Waals surface area contributed by atoms with E-state index in [0.717, 1.165) is 12.8 Å².